The second-order valence-corrected chi connectivity index (χ2v) is 4.53. The van der Waals surface area contributed by atoms with E-state index in [0.29, 0.717) is 0 Å². The Balaban J connectivity index is 2.64. The van der Waals surface area contributed by atoms with Gasteiger partial charge >= 0.3 is 5.97 Å². The number of nitrogens with zero attached hydrogens (tertiary/aromatic N) is 2. The zero-order valence-corrected chi connectivity index (χ0v) is 12.2. The first-order valence-electron chi connectivity index (χ1n) is 6.08. The highest BCUT2D eigenvalue weighted by Crippen LogP contribution is 2.07. The molecule has 106 valence electrons. The highest BCUT2D eigenvalue weighted by atomic mass is 32.1. The van der Waals surface area contributed by atoms with Crippen LogP contribution in [0.1, 0.15) is 25.5 Å². The largest absolute Gasteiger partial charge is 0.464 e. The minimum atomic E-state index is -0.741. The molecule has 7 heteroatoms. The number of carbonyl (C=O) groups is 2. The summed E-state index contributed by atoms with van der Waals surface area (Å²) in [5.74, 6) is -0.583. The Labute approximate surface area is 117 Å². The van der Waals surface area contributed by atoms with Gasteiger partial charge < -0.3 is 10.1 Å². The van der Waals surface area contributed by atoms with Crippen molar-refractivity contribution < 1.29 is 14.3 Å². The van der Waals surface area contributed by atoms with E-state index in [1.54, 1.807) is 30.9 Å². The summed E-state index contributed by atoms with van der Waals surface area (Å²) in [7, 11) is 0. The van der Waals surface area contributed by atoms with E-state index in [4.69, 9.17) is 4.74 Å². The van der Waals surface area contributed by atoms with Crippen molar-refractivity contribution in [3.05, 3.63) is 18.0 Å². The van der Waals surface area contributed by atoms with Crippen molar-refractivity contribution in [2.24, 2.45) is 0 Å². The van der Waals surface area contributed by atoms with E-state index in [9.17, 15) is 9.59 Å². The number of ether oxygens (including phenoxy) is 1. The van der Waals surface area contributed by atoms with Crippen molar-refractivity contribution in [3.8, 4) is 0 Å². The smallest absolute Gasteiger partial charge is 0.329 e. The van der Waals surface area contributed by atoms with Gasteiger partial charge in [0.25, 0.3) is 0 Å². The Bertz CT molecular complexity index is 447. The fourth-order valence-electron chi connectivity index (χ4n) is 1.48. The molecular weight excluding hydrogens is 266 g/mol. The summed E-state index contributed by atoms with van der Waals surface area (Å²) < 4.78 is 6.41. The lowest BCUT2D eigenvalue weighted by molar-refractivity contribution is -0.147. The van der Waals surface area contributed by atoms with Crippen LogP contribution in [0.4, 0.5) is 0 Å². The lowest BCUT2D eigenvalue weighted by Crippen LogP contribution is -2.45. The number of aromatic nitrogens is 2. The number of amides is 1. The molecule has 0 saturated heterocycles. The molecule has 0 saturated carbocycles. The van der Waals surface area contributed by atoms with Crippen LogP contribution in [0.15, 0.2) is 12.4 Å². The third kappa shape index (κ3) is 4.27. The summed E-state index contributed by atoms with van der Waals surface area (Å²) in [5.41, 5.74) is 0.968. The maximum atomic E-state index is 12.0. The maximum absolute atomic E-state index is 12.0. The highest BCUT2D eigenvalue weighted by molar-refractivity contribution is 7.80. The first-order valence-corrected chi connectivity index (χ1v) is 6.71. The zero-order chi connectivity index (χ0) is 14.4. The summed E-state index contributed by atoms with van der Waals surface area (Å²) in [6, 6.07) is -1.24. The van der Waals surface area contributed by atoms with Gasteiger partial charge in [0.2, 0.25) is 5.91 Å². The van der Waals surface area contributed by atoms with Crippen molar-refractivity contribution in [2.45, 2.75) is 32.9 Å². The molecule has 1 heterocycles. The first-order chi connectivity index (χ1) is 8.99. The summed E-state index contributed by atoms with van der Waals surface area (Å²) in [4.78, 5) is 23.6. The average molecular weight is 285 g/mol. The van der Waals surface area contributed by atoms with Crippen LogP contribution in [0.3, 0.4) is 0 Å². The molecule has 1 N–H and O–H groups in total. The summed E-state index contributed by atoms with van der Waals surface area (Å²) in [6.07, 6.45) is 3.44. The van der Waals surface area contributed by atoms with E-state index in [0.717, 1.165) is 5.56 Å². The number of carbonyl (C=O) groups excluding carboxylic acids is 2. The fraction of sp³-hybridized carbons (Fsp3) is 0.583. The van der Waals surface area contributed by atoms with Crippen molar-refractivity contribution in [2.75, 3.05) is 12.4 Å². The zero-order valence-electron chi connectivity index (χ0n) is 11.3. The molecule has 0 radical (unpaired) electrons. The van der Waals surface area contributed by atoms with Gasteiger partial charge in [-0.3, -0.25) is 9.48 Å². The molecular formula is C12H19N3O3S. The van der Waals surface area contributed by atoms with Gasteiger partial charge in [-0.1, -0.05) is 0 Å². The normalized spacial score (nSPS) is 13.7. The number of aryl methyl sites for hydroxylation is 1. The second kappa shape index (κ2) is 7.18. The molecule has 0 bridgehead atoms. The van der Waals surface area contributed by atoms with E-state index < -0.39 is 18.1 Å². The molecule has 19 heavy (non-hydrogen) atoms. The summed E-state index contributed by atoms with van der Waals surface area (Å²) in [5, 5.41) is 6.68. The van der Waals surface area contributed by atoms with Crippen LogP contribution in [-0.2, 0) is 14.3 Å². The van der Waals surface area contributed by atoms with E-state index in [1.807, 2.05) is 6.92 Å². The number of hydrogen-bond acceptors (Lipinski definition) is 5. The van der Waals surface area contributed by atoms with Crippen LogP contribution in [0.5, 0.6) is 0 Å². The molecule has 0 aromatic carbocycles. The van der Waals surface area contributed by atoms with Gasteiger partial charge in [0.15, 0.2) is 0 Å². The number of rotatable bonds is 6. The van der Waals surface area contributed by atoms with Gasteiger partial charge in [-0.25, -0.2) is 4.79 Å². The number of esters is 1. The van der Waals surface area contributed by atoms with E-state index in [1.165, 1.54) is 0 Å². The van der Waals surface area contributed by atoms with Gasteiger partial charge in [0.1, 0.15) is 12.1 Å². The van der Waals surface area contributed by atoms with E-state index >= 15 is 0 Å². The molecule has 0 aliphatic heterocycles. The molecule has 0 aliphatic rings. The standard InChI is InChI=1S/C12H19N3O3S/c1-4-18-12(17)10(7-19)14-11(16)9(3)15-6-8(2)5-13-15/h5-6,9-10,19H,4,7H2,1-3H3,(H,14,16)/t9?,10-/m0/s1. The van der Waals surface area contributed by atoms with Gasteiger partial charge in [-0.05, 0) is 26.3 Å². The second-order valence-electron chi connectivity index (χ2n) is 4.17. The highest BCUT2D eigenvalue weighted by Gasteiger charge is 2.24. The van der Waals surface area contributed by atoms with Gasteiger partial charge in [-0.2, -0.15) is 17.7 Å². The lowest BCUT2D eigenvalue weighted by atomic mass is 10.2. The number of thiol groups is 1. The molecule has 1 aromatic heterocycles. The third-order valence-corrected chi connectivity index (χ3v) is 2.94. The summed E-state index contributed by atoms with van der Waals surface area (Å²) in [6.45, 7) is 5.59. The van der Waals surface area contributed by atoms with Crippen molar-refractivity contribution in [1.29, 1.82) is 0 Å². The lowest BCUT2D eigenvalue weighted by Gasteiger charge is -2.18. The average Bonchev–Trinajstić information content (AvgIpc) is 2.81. The Morgan fingerprint density at radius 2 is 2.26 bits per heavy atom. The Morgan fingerprint density at radius 3 is 2.74 bits per heavy atom. The fourth-order valence-corrected chi connectivity index (χ4v) is 1.72. The van der Waals surface area contributed by atoms with Gasteiger partial charge in [-0.15, -0.1) is 0 Å². The molecule has 0 fully saturated rings. The molecule has 2 atom stereocenters. The van der Waals surface area contributed by atoms with Gasteiger partial charge in [0, 0.05) is 11.9 Å². The van der Waals surface area contributed by atoms with E-state index in [-0.39, 0.29) is 18.3 Å². The van der Waals surface area contributed by atoms with Crippen molar-refractivity contribution in [3.63, 3.8) is 0 Å². The maximum Gasteiger partial charge on any atom is 0.329 e. The molecule has 0 aliphatic carbocycles. The molecule has 6 nitrogen and oxygen atoms in total. The van der Waals surface area contributed by atoms with Crippen LogP contribution < -0.4 is 5.32 Å². The Kier molecular flexibility index (Phi) is 5.88. The van der Waals surface area contributed by atoms with Crippen LogP contribution >= 0.6 is 12.6 Å². The van der Waals surface area contributed by atoms with Crippen molar-refractivity contribution >= 4 is 24.5 Å². The van der Waals surface area contributed by atoms with Crippen LogP contribution in [0, 0.1) is 6.92 Å². The van der Waals surface area contributed by atoms with Crippen LogP contribution in [0.25, 0.3) is 0 Å². The first kappa shape index (κ1) is 15.6. The Morgan fingerprint density at radius 1 is 1.58 bits per heavy atom. The third-order valence-electron chi connectivity index (χ3n) is 2.58. The minimum absolute atomic E-state index is 0.190. The van der Waals surface area contributed by atoms with Crippen LogP contribution in [0.2, 0.25) is 0 Å². The molecule has 1 rings (SSSR count). The quantitative estimate of drug-likeness (QED) is 0.597. The predicted molar refractivity (Wildman–Crippen MR) is 74.1 cm³/mol. The monoisotopic (exact) mass is 285 g/mol. The minimum Gasteiger partial charge on any atom is -0.464 e. The molecule has 1 amide bonds. The van der Waals surface area contributed by atoms with Gasteiger partial charge in [0.05, 0.1) is 12.8 Å². The predicted octanol–water partition coefficient (Wildman–Crippen LogP) is 0.730. The van der Waals surface area contributed by atoms with Crippen LogP contribution in [-0.4, -0.2) is 40.1 Å². The van der Waals surface area contributed by atoms with Crippen molar-refractivity contribution in [1.82, 2.24) is 15.1 Å². The van der Waals surface area contributed by atoms with E-state index in [2.05, 4.69) is 23.0 Å². The topological polar surface area (TPSA) is 73.2 Å². The molecule has 0 spiro atoms. The number of hydrogen-bond donors (Lipinski definition) is 2. The molecule has 1 aromatic rings. The molecule has 1 unspecified atom stereocenters. The SMILES string of the molecule is CCOC(=O)[C@H](CS)NC(=O)C(C)n1cc(C)cn1. The number of nitrogens with one attached hydrogen (secondary N) is 1. The summed E-state index contributed by atoms with van der Waals surface area (Å²) >= 11 is 4.04. The Hall–Kier alpha value is -1.50.